The summed E-state index contributed by atoms with van der Waals surface area (Å²) in [5.74, 6) is -0.149. The first-order chi connectivity index (χ1) is 19.2. The van der Waals surface area contributed by atoms with Crippen molar-refractivity contribution in [3.05, 3.63) is 90.0 Å². The Kier molecular flexibility index (Phi) is 11.1. The fourth-order valence-corrected chi connectivity index (χ4v) is 5.72. The van der Waals surface area contributed by atoms with Crippen LogP contribution in [0.1, 0.15) is 44.7 Å². The minimum Gasteiger partial charge on any atom is -0.494 e. The summed E-state index contributed by atoms with van der Waals surface area (Å²) >= 11 is 0. The van der Waals surface area contributed by atoms with Crippen LogP contribution in [0.2, 0.25) is 0 Å². The van der Waals surface area contributed by atoms with E-state index in [1.165, 1.54) is 17.0 Å². The number of aryl methyl sites for hydroxylation is 1. The Labute approximate surface area is 238 Å². The summed E-state index contributed by atoms with van der Waals surface area (Å²) in [7, 11) is -4.12. The van der Waals surface area contributed by atoms with Gasteiger partial charge in [-0.25, -0.2) is 8.42 Å². The van der Waals surface area contributed by atoms with Gasteiger partial charge in [0.1, 0.15) is 18.3 Å². The maximum atomic E-state index is 14.0. The van der Waals surface area contributed by atoms with Gasteiger partial charge < -0.3 is 15.0 Å². The Bertz CT molecular complexity index is 1340. The molecule has 0 aromatic heterocycles. The molecular formula is C31H39N3O5S. The Morgan fingerprint density at radius 3 is 2.12 bits per heavy atom. The van der Waals surface area contributed by atoms with Gasteiger partial charge in [-0.1, -0.05) is 61.9 Å². The second-order valence-corrected chi connectivity index (χ2v) is 11.3. The lowest BCUT2D eigenvalue weighted by molar-refractivity contribution is -0.140. The molecule has 1 atom stereocenters. The van der Waals surface area contributed by atoms with E-state index in [2.05, 4.69) is 5.32 Å². The van der Waals surface area contributed by atoms with E-state index in [0.29, 0.717) is 31.0 Å². The second kappa shape index (κ2) is 14.5. The average Bonchev–Trinajstić information content (AvgIpc) is 2.96. The van der Waals surface area contributed by atoms with Crippen molar-refractivity contribution in [2.24, 2.45) is 0 Å². The van der Waals surface area contributed by atoms with Gasteiger partial charge in [0, 0.05) is 13.1 Å². The molecule has 3 aromatic rings. The molecule has 0 unspecified atom stereocenters. The number of carbonyl (C=O) groups excluding carboxylic acids is 2. The minimum atomic E-state index is -4.12. The zero-order valence-corrected chi connectivity index (χ0v) is 24.5. The highest BCUT2D eigenvalue weighted by Crippen LogP contribution is 2.27. The lowest BCUT2D eigenvalue weighted by Gasteiger charge is -2.33. The van der Waals surface area contributed by atoms with Crippen molar-refractivity contribution in [1.29, 1.82) is 0 Å². The molecule has 3 aromatic carbocycles. The molecular weight excluding hydrogens is 526 g/mol. The van der Waals surface area contributed by atoms with Gasteiger partial charge in [0.2, 0.25) is 11.8 Å². The Hall–Kier alpha value is -3.85. The number of ether oxygens (including phenoxy) is 1. The summed E-state index contributed by atoms with van der Waals surface area (Å²) in [6.07, 6.45) is 1.14. The van der Waals surface area contributed by atoms with Crippen LogP contribution in [-0.4, -0.2) is 50.9 Å². The van der Waals surface area contributed by atoms with Crippen LogP contribution in [-0.2, 0) is 26.2 Å². The molecule has 8 nitrogen and oxygen atoms in total. The van der Waals surface area contributed by atoms with Crippen LogP contribution in [0, 0.1) is 6.92 Å². The zero-order chi connectivity index (χ0) is 29.1. The minimum absolute atomic E-state index is 0.0714. The quantitative estimate of drug-likeness (QED) is 0.299. The van der Waals surface area contributed by atoms with Gasteiger partial charge in [0.25, 0.3) is 10.0 Å². The molecule has 0 aliphatic heterocycles. The number of sulfonamides is 1. The highest BCUT2D eigenvalue weighted by atomic mass is 32.2. The number of carbonyl (C=O) groups is 2. The molecule has 0 heterocycles. The third-order valence-corrected chi connectivity index (χ3v) is 8.24. The molecule has 1 N–H and O–H groups in total. The van der Waals surface area contributed by atoms with E-state index in [4.69, 9.17) is 4.74 Å². The van der Waals surface area contributed by atoms with Crippen molar-refractivity contribution in [3.8, 4) is 5.75 Å². The topological polar surface area (TPSA) is 96.0 Å². The molecule has 0 aliphatic rings. The molecule has 214 valence electrons. The van der Waals surface area contributed by atoms with Gasteiger partial charge in [-0.3, -0.25) is 13.9 Å². The monoisotopic (exact) mass is 565 g/mol. The molecule has 0 spiro atoms. The van der Waals surface area contributed by atoms with Crippen molar-refractivity contribution in [3.63, 3.8) is 0 Å². The molecule has 0 saturated heterocycles. The molecule has 0 saturated carbocycles. The summed E-state index contributed by atoms with van der Waals surface area (Å²) in [5.41, 5.74) is 2.08. The summed E-state index contributed by atoms with van der Waals surface area (Å²) in [6.45, 7) is 8.18. The highest BCUT2D eigenvalue weighted by molar-refractivity contribution is 7.92. The number of nitrogens with one attached hydrogen (secondary N) is 1. The standard InChI is InChI=1S/C31H39N3O5S/c1-5-21-32-31(36)29(6-2)33(22-25-11-9-8-10-12-25)30(35)23-34(26-15-17-27(18-16-26)39-7-3)40(37,38)28-19-13-24(4)14-20-28/h8-20,29H,5-7,21-23H2,1-4H3,(H,32,36)/t29-/m0/s1. The molecule has 0 radical (unpaired) electrons. The largest absolute Gasteiger partial charge is 0.494 e. The van der Waals surface area contributed by atoms with Gasteiger partial charge in [0.05, 0.1) is 17.2 Å². The Morgan fingerprint density at radius 2 is 1.55 bits per heavy atom. The average molecular weight is 566 g/mol. The molecule has 0 fully saturated rings. The van der Waals surface area contributed by atoms with Crippen LogP contribution >= 0.6 is 0 Å². The van der Waals surface area contributed by atoms with E-state index in [1.54, 1.807) is 36.4 Å². The van der Waals surface area contributed by atoms with E-state index in [-0.39, 0.29) is 17.3 Å². The van der Waals surface area contributed by atoms with Crippen molar-refractivity contribution >= 4 is 27.5 Å². The first-order valence-electron chi connectivity index (χ1n) is 13.6. The van der Waals surface area contributed by atoms with Gasteiger partial charge in [-0.15, -0.1) is 0 Å². The van der Waals surface area contributed by atoms with Crippen LogP contribution in [0.3, 0.4) is 0 Å². The van der Waals surface area contributed by atoms with Gasteiger partial charge in [-0.05, 0) is 68.7 Å². The highest BCUT2D eigenvalue weighted by Gasteiger charge is 2.33. The third-order valence-electron chi connectivity index (χ3n) is 6.45. The Morgan fingerprint density at radius 1 is 0.900 bits per heavy atom. The summed E-state index contributed by atoms with van der Waals surface area (Å²) in [5, 5.41) is 2.89. The number of anilines is 1. The van der Waals surface area contributed by atoms with Gasteiger partial charge in [0.15, 0.2) is 0 Å². The summed E-state index contributed by atoms with van der Waals surface area (Å²) in [6, 6.07) is 21.7. The molecule has 2 amide bonds. The predicted octanol–water partition coefficient (Wildman–Crippen LogP) is 4.92. The van der Waals surface area contributed by atoms with Crippen molar-refractivity contribution in [2.75, 3.05) is 24.0 Å². The number of hydrogen-bond donors (Lipinski definition) is 1. The molecule has 0 aliphatic carbocycles. The van der Waals surface area contributed by atoms with Crippen LogP contribution in [0.5, 0.6) is 5.75 Å². The normalized spacial score (nSPS) is 11.9. The molecule has 40 heavy (non-hydrogen) atoms. The van der Waals surface area contributed by atoms with Crippen LogP contribution in [0.25, 0.3) is 0 Å². The van der Waals surface area contributed by atoms with Gasteiger partial charge >= 0.3 is 0 Å². The molecule has 0 bridgehead atoms. The molecule has 9 heteroatoms. The Balaban J connectivity index is 2.04. The molecule has 3 rings (SSSR count). The van der Waals surface area contributed by atoms with Gasteiger partial charge in [-0.2, -0.15) is 0 Å². The fraction of sp³-hybridized carbons (Fsp3) is 0.355. The number of benzene rings is 3. The maximum absolute atomic E-state index is 14.0. The summed E-state index contributed by atoms with van der Waals surface area (Å²) < 4.78 is 34.5. The zero-order valence-electron chi connectivity index (χ0n) is 23.7. The van der Waals surface area contributed by atoms with Crippen LogP contribution < -0.4 is 14.4 Å². The first kappa shape index (κ1) is 30.7. The third kappa shape index (κ3) is 7.85. The predicted molar refractivity (Wildman–Crippen MR) is 158 cm³/mol. The smallest absolute Gasteiger partial charge is 0.264 e. The lowest BCUT2D eigenvalue weighted by Crippen LogP contribution is -2.52. The number of rotatable bonds is 14. The van der Waals surface area contributed by atoms with Crippen molar-refractivity contribution in [1.82, 2.24) is 10.2 Å². The van der Waals surface area contributed by atoms with Crippen molar-refractivity contribution < 1.29 is 22.7 Å². The van der Waals surface area contributed by atoms with Crippen LogP contribution in [0.4, 0.5) is 5.69 Å². The van der Waals surface area contributed by atoms with E-state index in [1.807, 2.05) is 58.0 Å². The fourth-order valence-electron chi connectivity index (χ4n) is 4.31. The SMILES string of the molecule is CCCNC(=O)[C@H](CC)N(Cc1ccccc1)C(=O)CN(c1ccc(OCC)cc1)S(=O)(=O)c1ccc(C)cc1. The lowest BCUT2D eigenvalue weighted by atomic mass is 10.1. The van der Waals surface area contributed by atoms with E-state index >= 15 is 0 Å². The van der Waals surface area contributed by atoms with E-state index in [9.17, 15) is 18.0 Å². The number of hydrogen-bond acceptors (Lipinski definition) is 5. The maximum Gasteiger partial charge on any atom is 0.264 e. The van der Waals surface area contributed by atoms with E-state index in [0.717, 1.165) is 21.9 Å². The van der Waals surface area contributed by atoms with Crippen molar-refractivity contribution in [2.45, 2.75) is 58.0 Å². The van der Waals surface area contributed by atoms with Crippen LogP contribution in [0.15, 0.2) is 83.8 Å². The van der Waals surface area contributed by atoms with E-state index < -0.39 is 28.5 Å². The summed E-state index contributed by atoms with van der Waals surface area (Å²) in [4.78, 5) is 28.7. The number of nitrogens with zero attached hydrogens (tertiary/aromatic N) is 2. The first-order valence-corrected chi connectivity index (χ1v) is 15.1. The second-order valence-electron chi connectivity index (χ2n) is 9.47. The number of amides is 2.